The molecular formula is C40H24Br8N4. The third kappa shape index (κ3) is 6.15. The Bertz CT molecular complexity index is 2770. The Hall–Kier alpha value is -1.77. The van der Waals surface area contributed by atoms with Crippen LogP contribution in [0.2, 0.25) is 0 Å². The number of nitrogens with one attached hydrogen (secondary N) is 3. The Morgan fingerprint density at radius 3 is 0.981 bits per heavy atom. The highest BCUT2D eigenvalue weighted by Gasteiger charge is 2.28. The molecule has 7 aromatic rings. The first-order chi connectivity index (χ1) is 24.8. The fourth-order valence-corrected chi connectivity index (χ4v) is 10.4. The van der Waals surface area contributed by atoms with Crippen LogP contribution in [0.15, 0.2) is 99.6 Å². The number of fused-ring (bicyclic) bond motifs is 9. The number of hydrogen-bond acceptors (Lipinski definition) is 1. The molecule has 8 rings (SSSR count). The van der Waals surface area contributed by atoms with Gasteiger partial charge in [-0.15, -0.1) is 0 Å². The number of rotatable bonds is 3. The fourth-order valence-electron chi connectivity index (χ4n) is 6.52. The van der Waals surface area contributed by atoms with Crippen molar-refractivity contribution in [3.8, 4) is 33.4 Å². The van der Waals surface area contributed by atoms with Gasteiger partial charge >= 0.3 is 0 Å². The Labute approximate surface area is 367 Å². The third-order valence-corrected chi connectivity index (χ3v) is 17.7. The summed E-state index contributed by atoms with van der Waals surface area (Å²) in [6.07, 6.45) is 0. The summed E-state index contributed by atoms with van der Waals surface area (Å²) in [5.41, 5.74) is 16.3. The Morgan fingerprint density at radius 1 is 0.346 bits per heavy atom. The van der Waals surface area contributed by atoms with E-state index < -0.39 is 0 Å². The molecule has 0 saturated heterocycles. The van der Waals surface area contributed by atoms with Gasteiger partial charge in [-0.3, -0.25) is 0 Å². The lowest BCUT2D eigenvalue weighted by atomic mass is 10.0. The normalized spacial score (nSPS) is 12.4. The average molecular weight is 1200 g/mol. The monoisotopic (exact) mass is 1190 g/mol. The van der Waals surface area contributed by atoms with Crippen molar-refractivity contribution in [2.45, 2.75) is 20.8 Å². The maximum atomic E-state index is 5.38. The Balaban J connectivity index is 1.72. The van der Waals surface area contributed by atoms with Crippen molar-refractivity contribution in [3.05, 3.63) is 128 Å². The molecule has 5 heterocycles. The number of halogens is 8. The van der Waals surface area contributed by atoms with E-state index in [0.717, 1.165) is 114 Å². The number of aryl methyl sites for hydroxylation is 3. The molecule has 0 aliphatic carbocycles. The molecule has 0 atom stereocenters. The Kier molecular flexibility index (Phi) is 10.3. The van der Waals surface area contributed by atoms with Crippen LogP contribution in [0.4, 0.5) is 0 Å². The van der Waals surface area contributed by atoms with E-state index in [4.69, 9.17) is 4.98 Å². The molecule has 4 nitrogen and oxygen atoms in total. The molecule has 0 fully saturated rings. The van der Waals surface area contributed by atoms with Gasteiger partial charge in [-0.2, -0.15) is 0 Å². The second kappa shape index (κ2) is 14.4. The van der Waals surface area contributed by atoms with Crippen LogP contribution in [0, 0.1) is 20.8 Å². The van der Waals surface area contributed by atoms with Gasteiger partial charge < -0.3 is 15.0 Å². The van der Waals surface area contributed by atoms with Crippen LogP contribution in [0.3, 0.4) is 0 Å². The molecule has 12 heteroatoms. The van der Waals surface area contributed by atoms with Gasteiger partial charge in [-0.1, -0.05) is 89.5 Å². The lowest BCUT2D eigenvalue weighted by Crippen LogP contribution is -1.88. The van der Waals surface area contributed by atoms with Crippen molar-refractivity contribution in [3.63, 3.8) is 0 Å². The highest BCUT2D eigenvalue weighted by atomic mass is 79.9. The molecule has 1 aliphatic heterocycles. The molecule has 0 amide bonds. The van der Waals surface area contributed by atoms with Crippen LogP contribution < -0.4 is 0 Å². The zero-order valence-corrected chi connectivity index (χ0v) is 40.1. The summed E-state index contributed by atoms with van der Waals surface area (Å²) in [6, 6.07) is 25.8. The first-order valence-corrected chi connectivity index (χ1v) is 22.3. The number of H-pyrrole nitrogens is 3. The Morgan fingerprint density at radius 2 is 0.615 bits per heavy atom. The van der Waals surface area contributed by atoms with Crippen LogP contribution in [0.25, 0.3) is 75.4 Å². The number of aromatic nitrogens is 4. The third-order valence-electron chi connectivity index (χ3n) is 9.22. The van der Waals surface area contributed by atoms with E-state index in [1.165, 1.54) is 16.7 Å². The summed E-state index contributed by atoms with van der Waals surface area (Å²) in [7, 11) is 0. The maximum absolute atomic E-state index is 5.38. The van der Waals surface area contributed by atoms with E-state index >= 15 is 0 Å². The summed E-state index contributed by atoms with van der Waals surface area (Å²) in [5, 5.41) is 0. The molecule has 8 bridgehead atoms. The zero-order valence-electron chi connectivity index (χ0n) is 27.4. The molecule has 4 aromatic heterocycles. The van der Waals surface area contributed by atoms with Gasteiger partial charge in [0.1, 0.15) is 5.69 Å². The number of hydrogen-bond donors (Lipinski definition) is 3. The minimum absolute atomic E-state index is 0.754. The number of nitrogens with zero attached hydrogens (tertiary/aromatic N) is 1. The molecule has 52 heavy (non-hydrogen) atoms. The van der Waals surface area contributed by atoms with Crippen LogP contribution in [-0.4, -0.2) is 19.9 Å². The van der Waals surface area contributed by atoms with E-state index in [-0.39, 0.29) is 0 Å². The molecule has 260 valence electrons. The predicted molar refractivity (Wildman–Crippen MR) is 248 cm³/mol. The molecule has 1 aliphatic rings. The quantitative estimate of drug-likeness (QED) is 0.162. The van der Waals surface area contributed by atoms with Crippen LogP contribution in [0.5, 0.6) is 0 Å². The van der Waals surface area contributed by atoms with Gasteiger partial charge in [0.2, 0.25) is 0 Å². The first kappa shape index (κ1) is 37.2. The van der Waals surface area contributed by atoms with E-state index in [9.17, 15) is 0 Å². The first-order valence-electron chi connectivity index (χ1n) is 15.9. The average Bonchev–Trinajstić information content (AvgIpc) is 3.79. The van der Waals surface area contributed by atoms with Gasteiger partial charge in [0.25, 0.3) is 0 Å². The summed E-state index contributed by atoms with van der Waals surface area (Å²) >= 11 is 31.9. The molecular weight excluding hydrogens is 1180 g/mol. The van der Waals surface area contributed by atoms with Gasteiger partial charge in [0.05, 0.1) is 74.6 Å². The highest BCUT2D eigenvalue weighted by Crippen LogP contribution is 2.51. The lowest BCUT2D eigenvalue weighted by Gasteiger charge is -2.07. The predicted octanol–water partition coefficient (Wildman–Crippen LogP) is 16.6. The summed E-state index contributed by atoms with van der Waals surface area (Å²) in [5.74, 6) is 0. The highest BCUT2D eigenvalue weighted by molar-refractivity contribution is 9.18. The van der Waals surface area contributed by atoms with Gasteiger partial charge in [-0.05, 0) is 165 Å². The van der Waals surface area contributed by atoms with E-state index in [2.05, 4.69) is 236 Å². The van der Waals surface area contributed by atoms with E-state index in [1.54, 1.807) is 0 Å². The second-order valence-electron chi connectivity index (χ2n) is 12.7. The van der Waals surface area contributed by atoms with Crippen molar-refractivity contribution in [1.29, 1.82) is 0 Å². The van der Waals surface area contributed by atoms with Crippen molar-refractivity contribution in [2.75, 3.05) is 0 Å². The SMILES string of the molecule is Cc1ccc(-c2c3nc(c4[nH]c(c(Br)c4Br)c(-c4ccc(C)cc4)c4[nH]c(c(Br)c4Br)c(-c4ccc(C)cc4)c4[nH]c2c(Br)c4Br)C(Br)=C3Br)cc1. The lowest BCUT2D eigenvalue weighted by molar-refractivity contribution is 1.31. The number of benzene rings is 3. The maximum Gasteiger partial charge on any atom is 0.104 e. The van der Waals surface area contributed by atoms with Gasteiger partial charge in [-0.25, -0.2) is 4.98 Å². The minimum Gasteiger partial charge on any atom is -0.352 e. The molecule has 0 spiro atoms. The molecule has 3 N–H and O–H groups in total. The summed E-state index contributed by atoms with van der Waals surface area (Å²) < 4.78 is 6.95. The minimum atomic E-state index is 0.754. The topological polar surface area (TPSA) is 60.3 Å². The molecule has 0 radical (unpaired) electrons. The van der Waals surface area contributed by atoms with Crippen LogP contribution >= 0.6 is 127 Å². The van der Waals surface area contributed by atoms with Crippen LogP contribution in [-0.2, 0) is 0 Å². The van der Waals surface area contributed by atoms with Crippen LogP contribution in [0.1, 0.15) is 28.1 Å². The van der Waals surface area contributed by atoms with Crippen molar-refractivity contribution in [1.82, 2.24) is 19.9 Å². The van der Waals surface area contributed by atoms with Crippen molar-refractivity contribution in [2.24, 2.45) is 0 Å². The summed E-state index contributed by atoms with van der Waals surface area (Å²) in [6.45, 7) is 6.30. The second-order valence-corrected chi connectivity index (χ2v) is 19.0. The van der Waals surface area contributed by atoms with Crippen molar-refractivity contribution < 1.29 is 0 Å². The van der Waals surface area contributed by atoms with Gasteiger partial charge in [0.15, 0.2) is 0 Å². The molecule has 0 saturated carbocycles. The molecule has 3 aromatic carbocycles. The standard InChI is InChI=1S/C40H24Br8N4/c1-16-4-10-19(11-5-16)22-33-25(41)27(43)35(49-33)23(20-12-6-17(2)7-13-20)37-29(45)31(47)39(51-37)40-32(48)30(46)38(52-40)24(21-14-8-18(3)9-15-21)36-28(44)26(42)34(22)50-36/h4-15,49-51H,1-3H3. The fraction of sp³-hybridized carbons (Fsp3) is 0.0750. The van der Waals surface area contributed by atoms with Gasteiger partial charge in [0, 0.05) is 16.7 Å². The molecule has 0 unspecified atom stereocenters. The largest absolute Gasteiger partial charge is 0.352 e. The number of aromatic amines is 3. The van der Waals surface area contributed by atoms with E-state index in [0.29, 0.717) is 0 Å². The smallest absolute Gasteiger partial charge is 0.104 e. The summed E-state index contributed by atoms with van der Waals surface area (Å²) in [4.78, 5) is 16.9. The van der Waals surface area contributed by atoms with Crippen molar-refractivity contribution >= 4 is 170 Å². The zero-order chi connectivity index (χ0) is 36.7. The van der Waals surface area contributed by atoms with E-state index in [1.807, 2.05) is 0 Å².